The number of carbonyl (C=O) groups excluding carboxylic acids is 1. The van der Waals surface area contributed by atoms with Gasteiger partial charge in [0.1, 0.15) is 5.75 Å². The highest BCUT2D eigenvalue weighted by Crippen LogP contribution is 2.24. The molecule has 0 radical (unpaired) electrons. The number of pyridine rings is 1. The van der Waals surface area contributed by atoms with Crippen LogP contribution in [0.1, 0.15) is 23.0 Å². The van der Waals surface area contributed by atoms with Crippen LogP contribution in [-0.4, -0.2) is 17.5 Å². The molecule has 0 unspecified atom stereocenters. The van der Waals surface area contributed by atoms with Gasteiger partial charge in [-0.05, 0) is 38.1 Å². The van der Waals surface area contributed by atoms with Gasteiger partial charge in [-0.25, -0.2) is 0 Å². The van der Waals surface area contributed by atoms with Crippen molar-refractivity contribution in [3.05, 3.63) is 65.9 Å². The van der Waals surface area contributed by atoms with Gasteiger partial charge >= 0.3 is 0 Å². The van der Waals surface area contributed by atoms with Crippen molar-refractivity contribution >= 4 is 22.5 Å². The third kappa shape index (κ3) is 3.16. The van der Waals surface area contributed by atoms with E-state index in [9.17, 15) is 4.79 Å². The molecular weight excluding hydrogens is 288 g/mol. The largest absolute Gasteiger partial charge is 0.493 e. The van der Waals surface area contributed by atoms with E-state index in [4.69, 9.17) is 4.74 Å². The molecule has 2 aromatic carbocycles. The highest BCUT2D eigenvalue weighted by Gasteiger charge is 2.13. The molecule has 3 aromatic rings. The van der Waals surface area contributed by atoms with Crippen molar-refractivity contribution in [1.29, 1.82) is 0 Å². The summed E-state index contributed by atoms with van der Waals surface area (Å²) in [6, 6.07) is 16.9. The molecule has 4 nitrogen and oxygen atoms in total. The lowest BCUT2D eigenvalue weighted by atomic mass is 10.1. The Kier molecular flexibility index (Phi) is 4.24. The maximum absolute atomic E-state index is 12.6. The van der Waals surface area contributed by atoms with E-state index in [0.717, 1.165) is 16.6 Å². The summed E-state index contributed by atoms with van der Waals surface area (Å²) < 4.78 is 5.53. The zero-order valence-corrected chi connectivity index (χ0v) is 13.2. The number of amides is 1. The van der Waals surface area contributed by atoms with E-state index in [2.05, 4.69) is 10.3 Å². The summed E-state index contributed by atoms with van der Waals surface area (Å²) in [5.74, 6) is 0.377. The van der Waals surface area contributed by atoms with E-state index in [0.29, 0.717) is 23.6 Å². The molecular formula is C19H18N2O2. The summed E-state index contributed by atoms with van der Waals surface area (Å²) in [6.07, 6.45) is 0. The van der Waals surface area contributed by atoms with Crippen molar-refractivity contribution in [1.82, 2.24) is 4.98 Å². The standard InChI is InChI=1S/C19H18N2O2/c1-3-23-17-10-5-4-8-15(17)19(22)21-16-9-6-7-14-12-11-13(2)20-18(14)16/h4-12H,3H2,1-2H3,(H,21,22). The van der Waals surface area contributed by atoms with E-state index < -0.39 is 0 Å². The average Bonchev–Trinajstić information content (AvgIpc) is 2.56. The fourth-order valence-corrected chi connectivity index (χ4v) is 2.47. The Hall–Kier alpha value is -2.88. The van der Waals surface area contributed by atoms with Gasteiger partial charge in [0, 0.05) is 11.1 Å². The second kappa shape index (κ2) is 6.48. The minimum absolute atomic E-state index is 0.204. The molecule has 1 heterocycles. The van der Waals surface area contributed by atoms with Gasteiger partial charge in [0.15, 0.2) is 0 Å². The number of nitrogens with zero attached hydrogens (tertiary/aromatic N) is 1. The Morgan fingerprint density at radius 1 is 1.09 bits per heavy atom. The summed E-state index contributed by atoms with van der Waals surface area (Å²) in [5.41, 5.74) is 2.91. The molecule has 1 aromatic heterocycles. The number of rotatable bonds is 4. The third-order valence-corrected chi connectivity index (χ3v) is 3.54. The van der Waals surface area contributed by atoms with Crippen molar-refractivity contribution in [2.75, 3.05) is 11.9 Å². The zero-order valence-electron chi connectivity index (χ0n) is 13.2. The van der Waals surface area contributed by atoms with Gasteiger partial charge < -0.3 is 10.1 Å². The third-order valence-electron chi connectivity index (χ3n) is 3.54. The molecule has 0 aliphatic rings. The van der Waals surface area contributed by atoms with Crippen LogP contribution >= 0.6 is 0 Å². The highest BCUT2D eigenvalue weighted by molar-refractivity contribution is 6.09. The molecule has 0 aliphatic carbocycles. The first-order chi connectivity index (χ1) is 11.2. The molecule has 116 valence electrons. The number of para-hydroxylation sites is 2. The van der Waals surface area contributed by atoms with E-state index in [1.165, 1.54) is 0 Å². The lowest BCUT2D eigenvalue weighted by Gasteiger charge is -2.12. The zero-order chi connectivity index (χ0) is 16.2. The first-order valence-corrected chi connectivity index (χ1v) is 7.58. The van der Waals surface area contributed by atoms with Crippen LogP contribution in [0.25, 0.3) is 10.9 Å². The van der Waals surface area contributed by atoms with Gasteiger partial charge in [0.2, 0.25) is 0 Å². The van der Waals surface area contributed by atoms with Crippen LogP contribution < -0.4 is 10.1 Å². The molecule has 0 saturated heterocycles. The van der Waals surface area contributed by atoms with Crippen molar-refractivity contribution in [3.63, 3.8) is 0 Å². The Balaban J connectivity index is 1.96. The molecule has 0 aliphatic heterocycles. The van der Waals surface area contributed by atoms with Crippen molar-refractivity contribution in [2.45, 2.75) is 13.8 Å². The quantitative estimate of drug-likeness (QED) is 0.786. The van der Waals surface area contributed by atoms with Gasteiger partial charge in [-0.1, -0.05) is 30.3 Å². The van der Waals surface area contributed by atoms with Crippen LogP contribution in [0.3, 0.4) is 0 Å². The highest BCUT2D eigenvalue weighted by atomic mass is 16.5. The van der Waals surface area contributed by atoms with E-state index in [1.807, 2.05) is 56.3 Å². The number of carbonyl (C=O) groups is 1. The topological polar surface area (TPSA) is 51.2 Å². The van der Waals surface area contributed by atoms with E-state index >= 15 is 0 Å². The van der Waals surface area contributed by atoms with Gasteiger partial charge in [-0.3, -0.25) is 9.78 Å². The number of benzene rings is 2. The Labute approximate surface area is 135 Å². The SMILES string of the molecule is CCOc1ccccc1C(=O)Nc1cccc2ccc(C)nc12. The van der Waals surface area contributed by atoms with E-state index in [-0.39, 0.29) is 5.91 Å². The van der Waals surface area contributed by atoms with Gasteiger partial charge in [-0.2, -0.15) is 0 Å². The van der Waals surface area contributed by atoms with Crippen LogP contribution in [0.5, 0.6) is 5.75 Å². The second-order valence-electron chi connectivity index (χ2n) is 5.21. The number of nitrogens with one attached hydrogen (secondary N) is 1. The number of hydrogen-bond donors (Lipinski definition) is 1. The smallest absolute Gasteiger partial charge is 0.259 e. The summed E-state index contributed by atoms with van der Waals surface area (Å²) in [5, 5.41) is 3.94. The number of fused-ring (bicyclic) bond motifs is 1. The maximum atomic E-state index is 12.6. The number of aromatic nitrogens is 1. The average molecular weight is 306 g/mol. The lowest BCUT2D eigenvalue weighted by Crippen LogP contribution is -2.14. The van der Waals surface area contributed by atoms with Crippen LogP contribution in [0, 0.1) is 6.92 Å². The first kappa shape index (κ1) is 15.0. The van der Waals surface area contributed by atoms with Crippen molar-refractivity contribution < 1.29 is 9.53 Å². The summed E-state index contributed by atoms with van der Waals surface area (Å²) in [7, 11) is 0. The molecule has 3 rings (SSSR count). The molecule has 0 bridgehead atoms. The van der Waals surface area contributed by atoms with Gasteiger partial charge in [0.05, 0.1) is 23.4 Å². The predicted octanol–water partition coefficient (Wildman–Crippen LogP) is 4.19. The molecule has 1 amide bonds. The minimum Gasteiger partial charge on any atom is -0.493 e. The lowest BCUT2D eigenvalue weighted by molar-refractivity contribution is 0.102. The van der Waals surface area contributed by atoms with Gasteiger partial charge in [0.25, 0.3) is 5.91 Å². The maximum Gasteiger partial charge on any atom is 0.259 e. The van der Waals surface area contributed by atoms with Gasteiger partial charge in [-0.15, -0.1) is 0 Å². The number of hydrogen-bond acceptors (Lipinski definition) is 3. The second-order valence-corrected chi connectivity index (χ2v) is 5.21. The Morgan fingerprint density at radius 3 is 2.74 bits per heavy atom. The number of anilines is 1. The number of aryl methyl sites for hydroxylation is 1. The van der Waals surface area contributed by atoms with Crippen LogP contribution in [-0.2, 0) is 0 Å². The molecule has 4 heteroatoms. The Bertz CT molecular complexity index is 859. The normalized spacial score (nSPS) is 10.5. The predicted molar refractivity (Wildman–Crippen MR) is 92.0 cm³/mol. The molecule has 0 saturated carbocycles. The molecule has 0 fully saturated rings. The van der Waals surface area contributed by atoms with Crippen LogP contribution in [0.2, 0.25) is 0 Å². The van der Waals surface area contributed by atoms with Crippen molar-refractivity contribution in [3.8, 4) is 5.75 Å². The Morgan fingerprint density at radius 2 is 1.91 bits per heavy atom. The van der Waals surface area contributed by atoms with Crippen LogP contribution in [0.15, 0.2) is 54.6 Å². The fourth-order valence-electron chi connectivity index (χ4n) is 2.47. The molecule has 0 spiro atoms. The minimum atomic E-state index is -0.204. The summed E-state index contributed by atoms with van der Waals surface area (Å²) in [4.78, 5) is 17.2. The van der Waals surface area contributed by atoms with E-state index in [1.54, 1.807) is 12.1 Å². The number of ether oxygens (including phenoxy) is 1. The van der Waals surface area contributed by atoms with Crippen molar-refractivity contribution in [2.24, 2.45) is 0 Å². The van der Waals surface area contributed by atoms with Crippen LogP contribution in [0.4, 0.5) is 5.69 Å². The summed E-state index contributed by atoms with van der Waals surface area (Å²) >= 11 is 0. The molecule has 0 atom stereocenters. The first-order valence-electron chi connectivity index (χ1n) is 7.58. The molecule has 23 heavy (non-hydrogen) atoms. The summed E-state index contributed by atoms with van der Waals surface area (Å²) in [6.45, 7) is 4.34. The monoisotopic (exact) mass is 306 g/mol. The molecule has 1 N–H and O–H groups in total. The fraction of sp³-hybridized carbons (Fsp3) is 0.158.